The van der Waals surface area contributed by atoms with E-state index in [9.17, 15) is 13.2 Å². The molecule has 0 radical (unpaired) electrons. The van der Waals surface area contributed by atoms with Crippen LogP contribution in [0.4, 0.5) is 18.9 Å². The molecule has 2 rings (SSSR count). The van der Waals surface area contributed by atoms with Crippen LogP contribution in [0.3, 0.4) is 0 Å². The van der Waals surface area contributed by atoms with Gasteiger partial charge >= 0.3 is 6.18 Å². The summed E-state index contributed by atoms with van der Waals surface area (Å²) >= 11 is 0. The minimum absolute atomic E-state index is 0. The third kappa shape index (κ3) is 5.80. The molecule has 0 aromatic heterocycles. The van der Waals surface area contributed by atoms with Gasteiger partial charge < -0.3 is 15.8 Å². The van der Waals surface area contributed by atoms with Crippen molar-refractivity contribution < 1.29 is 17.9 Å². The average Bonchev–Trinajstić information content (AvgIpc) is 2.37. The van der Waals surface area contributed by atoms with E-state index < -0.39 is 11.7 Å². The third-order valence-electron chi connectivity index (χ3n) is 3.21. The lowest BCUT2D eigenvalue weighted by Crippen LogP contribution is -2.33. The molecule has 21 heavy (non-hydrogen) atoms. The first-order valence-electron chi connectivity index (χ1n) is 6.27. The molecule has 3 nitrogen and oxygen atoms in total. The zero-order valence-electron chi connectivity index (χ0n) is 11.3. The second kappa shape index (κ2) is 8.56. The summed E-state index contributed by atoms with van der Waals surface area (Å²) < 4.78 is 43.5. The van der Waals surface area contributed by atoms with Gasteiger partial charge in [0.25, 0.3) is 0 Å². The number of nitrogens with two attached hydrogens (primary N) is 1. The van der Waals surface area contributed by atoms with Crippen LogP contribution in [0.2, 0.25) is 0 Å². The lowest BCUT2D eigenvalue weighted by Gasteiger charge is -2.23. The summed E-state index contributed by atoms with van der Waals surface area (Å²) in [6.07, 6.45) is -2.34. The lowest BCUT2D eigenvalue weighted by atomic mass is 10.0. The Labute approximate surface area is 134 Å². The first-order valence-corrected chi connectivity index (χ1v) is 6.27. The zero-order chi connectivity index (χ0) is 13.9. The summed E-state index contributed by atoms with van der Waals surface area (Å²) in [4.78, 5) is 0. The molecule has 1 fully saturated rings. The van der Waals surface area contributed by atoms with E-state index in [1.807, 2.05) is 0 Å². The molecule has 0 spiro atoms. The monoisotopic (exact) mass is 346 g/mol. The number of ether oxygens (including phenoxy) is 1. The van der Waals surface area contributed by atoms with Crippen molar-refractivity contribution in [2.45, 2.75) is 19.0 Å². The number of nitrogen functional groups attached to an aromatic ring is 1. The molecule has 1 atom stereocenters. The third-order valence-corrected chi connectivity index (χ3v) is 3.21. The SMILES string of the molecule is Cl.Cl.Nc1ccc(OCC2CCCNC2)cc1C(F)(F)F. The Balaban J connectivity index is 0.00000200. The number of piperidine rings is 1. The molecule has 1 aliphatic rings. The zero-order valence-corrected chi connectivity index (χ0v) is 12.9. The fourth-order valence-corrected chi connectivity index (χ4v) is 2.15. The van der Waals surface area contributed by atoms with Gasteiger partial charge in [-0.1, -0.05) is 0 Å². The second-order valence-electron chi connectivity index (χ2n) is 4.77. The Morgan fingerprint density at radius 2 is 2.00 bits per heavy atom. The summed E-state index contributed by atoms with van der Waals surface area (Å²) in [7, 11) is 0. The summed E-state index contributed by atoms with van der Waals surface area (Å²) in [5, 5.41) is 3.24. The lowest BCUT2D eigenvalue weighted by molar-refractivity contribution is -0.137. The first-order chi connectivity index (χ1) is 8.97. The largest absolute Gasteiger partial charge is 0.493 e. The maximum Gasteiger partial charge on any atom is 0.418 e. The van der Waals surface area contributed by atoms with Crippen LogP contribution < -0.4 is 15.8 Å². The predicted molar refractivity (Wildman–Crippen MR) is 81.4 cm³/mol. The molecule has 0 bridgehead atoms. The Morgan fingerprint density at radius 1 is 1.29 bits per heavy atom. The van der Waals surface area contributed by atoms with Crippen molar-refractivity contribution in [1.82, 2.24) is 5.32 Å². The van der Waals surface area contributed by atoms with Gasteiger partial charge in [-0.3, -0.25) is 0 Å². The summed E-state index contributed by atoms with van der Waals surface area (Å²) in [6.45, 7) is 2.27. The molecule has 0 saturated carbocycles. The molecule has 1 saturated heterocycles. The maximum absolute atomic E-state index is 12.7. The van der Waals surface area contributed by atoms with Gasteiger partial charge in [0.1, 0.15) is 5.75 Å². The van der Waals surface area contributed by atoms with Gasteiger partial charge in [0, 0.05) is 18.2 Å². The van der Waals surface area contributed by atoms with Crippen molar-refractivity contribution >= 4 is 30.5 Å². The van der Waals surface area contributed by atoms with Gasteiger partial charge in [-0.15, -0.1) is 24.8 Å². The van der Waals surface area contributed by atoms with E-state index >= 15 is 0 Å². The average molecular weight is 347 g/mol. The number of alkyl halides is 3. The van der Waals surface area contributed by atoms with E-state index in [4.69, 9.17) is 10.5 Å². The summed E-state index contributed by atoms with van der Waals surface area (Å²) in [5.74, 6) is 0.563. The predicted octanol–water partition coefficient (Wildman–Crippen LogP) is 3.51. The number of hydrogen-bond donors (Lipinski definition) is 2. The van der Waals surface area contributed by atoms with E-state index in [2.05, 4.69) is 5.32 Å². The number of anilines is 1. The van der Waals surface area contributed by atoms with Gasteiger partial charge in [-0.05, 0) is 37.6 Å². The molecule has 0 amide bonds. The highest BCUT2D eigenvalue weighted by atomic mass is 35.5. The molecule has 1 unspecified atom stereocenters. The van der Waals surface area contributed by atoms with E-state index in [0.717, 1.165) is 32.0 Å². The minimum atomic E-state index is -4.45. The highest BCUT2D eigenvalue weighted by Gasteiger charge is 2.33. The normalized spacial score (nSPS) is 18.3. The van der Waals surface area contributed by atoms with Gasteiger partial charge in [0.05, 0.1) is 12.2 Å². The number of nitrogens with one attached hydrogen (secondary N) is 1. The molecule has 1 heterocycles. The first kappa shape index (κ1) is 20.1. The van der Waals surface area contributed by atoms with E-state index in [1.165, 1.54) is 12.1 Å². The van der Waals surface area contributed by atoms with Crippen molar-refractivity contribution in [2.75, 3.05) is 25.4 Å². The molecule has 3 N–H and O–H groups in total. The molecule has 8 heteroatoms. The van der Waals surface area contributed by atoms with Crippen LogP contribution in [-0.4, -0.2) is 19.7 Å². The maximum atomic E-state index is 12.7. The second-order valence-corrected chi connectivity index (χ2v) is 4.77. The Kier molecular flexibility index (Phi) is 8.21. The van der Waals surface area contributed by atoms with Crippen LogP contribution in [0.25, 0.3) is 0 Å². The molecule has 1 aliphatic heterocycles. The van der Waals surface area contributed by atoms with Gasteiger partial charge in [-0.2, -0.15) is 13.2 Å². The number of benzene rings is 1. The van der Waals surface area contributed by atoms with Crippen LogP contribution in [0.1, 0.15) is 18.4 Å². The summed E-state index contributed by atoms with van der Waals surface area (Å²) in [6, 6.07) is 3.67. The number of hydrogen-bond acceptors (Lipinski definition) is 3. The molecule has 1 aromatic carbocycles. The molecule has 0 aliphatic carbocycles. The van der Waals surface area contributed by atoms with Crippen molar-refractivity contribution in [3.05, 3.63) is 23.8 Å². The van der Waals surface area contributed by atoms with E-state index in [1.54, 1.807) is 0 Å². The molecular weight excluding hydrogens is 328 g/mol. The highest BCUT2D eigenvalue weighted by molar-refractivity contribution is 5.85. The van der Waals surface area contributed by atoms with Crippen LogP contribution >= 0.6 is 24.8 Å². The van der Waals surface area contributed by atoms with Crippen molar-refractivity contribution in [2.24, 2.45) is 5.92 Å². The molecular formula is C13H19Cl2F3N2O. The van der Waals surface area contributed by atoms with Crippen molar-refractivity contribution in [3.63, 3.8) is 0 Å². The van der Waals surface area contributed by atoms with Crippen LogP contribution in [-0.2, 0) is 6.18 Å². The fraction of sp³-hybridized carbons (Fsp3) is 0.538. The van der Waals surface area contributed by atoms with Crippen LogP contribution in [0.15, 0.2) is 18.2 Å². The molecule has 1 aromatic rings. The number of halogens is 5. The molecule has 122 valence electrons. The Bertz CT molecular complexity index is 438. The van der Waals surface area contributed by atoms with Crippen LogP contribution in [0, 0.1) is 5.92 Å². The van der Waals surface area contributed by atoms with Crippen LogP contribution in [0.5, 0.6) is 5.75 Å². The van der Waals surface area contributed by atoms with E-state index in [0.29, 0.717) is 12.5 Å². The fourth-order valence-electron chi connectivity index (χ4n) is 2.15. The summed E-state index contributed by atoms with van der Waals surface area (Å²) in [5.41, 5.74) is 4.21. The quantitative estimate of drug-likeness (QED) is 0.823. The van der Waals surface area contributed by atoms with Gasteiger partial charge in [0.2, 0.25) is 0 Å². The number of rotatable bonds is 3. The minimum Gasteiger partial charge on any atom is -0.493 e. The standard InChI is InChI=1S/C13H17F3N2O.2ClH/c14-13(15,16)11-6-10(3-4-12(11)17)19-8-9-2-1-5-18-7-9;;/h3-4,6,9,18H,1-2,5,7-8,17H2;2*1H. The Morgan fingerprint density at radius 3 is 2.57 bits per heavy atom. The van der Waals surface area contributed by atoms with Gasteiger partial charge in [0.15, 0.2) is 0 Å². The van der Waals surface area contributed by atoms with Crippen molar-refractivity contribution in [1.29, 1.82) is 0 Å². The smallest absolute Gasteiger partial charge is 0.418 e. The Hall–Kier alpha value is -0.850. The topological polar surface area (TPSA) is 47.3 Å². The van der Waals surface area contributed by atoms with Gasteiger partial charge in [-0.25, -0.2) is 0 Å². The van der Waals surface area contributed by atoms with Crippen molar-refractivity contribution in [3.8, 4) is 5.75 Å². The highest BCUT2D eigenvalue weighted by Crippen LogP contribution is 2.35. The van der Waals surface area contributed by atoms with E-state index in [-0.39, 0.29) is 36.3 Å².